The van der Waals surface area contributed by atoms with Crippen molar-refractivity contribution in [2.24, 2.45) is 11.3 Å². The first-order valence-corrected chi connectivity index (χ1v) is 7.71. The van der Waals surface area contributed by atoms with Gasteiger partial charge in [0.1, 0.15) is 0 Å². The summed E-state index contributed by atoms with van der Waals surface area (Å²) in [6.07, 6.45) is 8.44. The summed E-state index contributed by atoms with van der Waals surface area (Å²) in [4.78, 5) is 2.72. The molecule has 2 heterocycles. The van der Waals surface area contributed by atoms with Gasteiger partial charge in [-0.15, -0.1) is 0 Å². The average molecular weight is 238 g/mol. The number of nitrogens with zero attached hydrogens (tertiary/aromatic N) is 1. The highest BCUT2D eigenvalue weighted by atomic mass is 15.1. The molecule has 1 N–H and O–H groups in total. The van der Waals surface area contributed by atoms with E-state index in [4.69, 9.17) is 0 Å². The molecule has 0 amide bonds. The van der Waals surface area contributed by atoms with Crippen LogP contribution in [0.25, 0.3) is 0 Å². The molecule has 100 valence electrons. The van der Waals surface area contributed by atoms with Gasteiger partial charge in [-0.05, 0) is 63.2 Å². The molecule has 17 heavy (non-hydrogen) atoms. The molecule has 2 rings (SSSR count). The summed E-state index contributed by atoms with van der Waals surface area (Å²) < 4.78 is 0. The molecule has 2 nitrogen and oxygen atoms in total. The van der Waals surface area contributed by atoms with Gasteiger partial charge in [-0.1, -0.05) is 26.7 Å². The van der Waals surface area contributed by atoms with Crippen molar-refractivity contribution in [1.82, 2.24) is 10.2 Å². The first-order chi connectivity index (χ1) is 8.28. The Morgan fingerprint density at radius 1 is 1.18 bits per heavy atom. The third-order valence-electron chi connectivity index (χ3n) is 5.33. The first-order valence-electron chi connectivity index (χ1n) is 7.71. The Hall–Kier alpha value is -0.0800. The molecule has 0 spiro atoms. The van der Waals surface area contributed by atoms with Crippen molar-refractivity contribution < 1.29 is 0 Å². The Bertz CT molecular complexity index is 207. The number of nitrogens with one attached hydrogen (secondary N) is 1. The van der Waals surface area contributed by atoms with Crippen LogP contribution in [0.5, 0.6) is 0 Å². The zero-order valence-electron chi connectivity index (χ0n) is 11.8. The van der Waals surface area contributed by atoms with Crippen LogP contribution in [-0.2, 0) is 0 Å². The van der Waals surface area contributed by atoms with Gasteiger partial charge in [0, 0.05) is 6.54 Å². The summed E-state index contributed by atoms with van der Waals surface area (Å²) in [5, 5.41) is 3.54. The van der Waals surface area contributed by atoms with Crippen LogP contribution in [0.4, 0.5) is 0 Å². The lowest BCUT2D eigenvalue weighted by atomic mass is 9.74. The molecule has 0 aromatic heterocycles. The van der Waals surface area contributed by atoms with E-state index in [2.05, 4.69) is 24.1 Å². The minimum atomic E-state index is 0.682. The van der Waals surface area contributed by atoms with E-state index in [-0.39, 0.29) is 0 Å². The number of rotatable bonds is 4. The zero-order chi connectivity index (χ0) is 12.1. The Kier molecular flexibility index (Phi) is 4.87. The van der Waals surface area contributed by atoms with E-state index in [0.717, 1.165) is 5.92 Å². The molecule has 0 aromatic rings. The van der Waals surface area contributed by atoms with E-state index in [1.807, 2.05) is 0 Å². The zero-order valence-corrected chi connectivity index (χ0v) is 11.8. The molecule has 0 radical (unpaired) electrons. The van der Waals surface area contributed by atoms with Crippen molar-refractivity contribution in [2.75, 3.05) is 32.7 Å². The number of likely N-dealkylation sites (tertiary alicyclic amines) is 1. The van der Waals surface area contributed by atoms with Crippen molar-refractivity contribution in [3.8, 4) is 0 Å². The van der Waals surface area contributed by atoms with Crippen molar-refractivity contribution in [3.05, 3.63) is 0 Å². The Morgan fingerprint density at radius 2 is 1.88 bits per heavy atom. The molecule has 1 unspecified atom stereocenters. The molecule has 2 heteroatoms. The summed E-state index contributed by atoms with van der Waals surface area (Å²) in [5.74, 6) is 0.916. The fourth-order valence-electron chi connectivity index (χ4n) is 3.61. The van der Waals surface area contributed by atoms with Crippen LogP contribution in [0.15, 0.2) is 0 Å². The molecule has 1 atom stereocenters. The largest absolute Gasteiger partial charge is 0.316 e. The van der Waals surface area contributed by atoms with Crippen LogP contribution < -0.4 is 5.32 Å². The highest BCUT2D eigenvalue weighted by Gasteiger charge is 2.31. The van der Waals surface area contributed by atoms with Crippen LogP contribution in [0.3, 0.4) is 0 Å². The SMILES string of the molecule is CCC1(CC)CCN(CC2CCCNC2)CC1. The average Bonchev–Trinajstić information content (AvgIpc) is 2.41. The second-order valence-corrected chi connectivity index (χ2v) is 6.22. The van der Waals surface area contributed by atoms with Crippen molar-refractivity contribution >= 4 is 0 Å². The van der Waals surface area contributed by atoms with Gasteiger partial charge in [-0.2, -0.15) is 0 Å². The number of piperidine rings is 2. The highest BCUT2D eigenvalue weighted by Crippen LogP contribution is 2.38. The van der Waals surface area contributed by atoms with E-state index < -0.39 is 0 Å². The van der Waals surface area contributed by atoms with E-state index in [0.29, 0.717) is 5.41 Å². The molecular formula is C15H30N2. The first kappa shape index (κ1) is 13.4. The third kappa shape index (κ3) is 3.45. The van der Waals surface area contributed by atoms with E-state index in [1.54, 1.807) is 0 Å². The van der Waals surface area contributed by atoms with Crippen molar-refractivity contribution in [2.45, 2.75) is 52.4 Å². The summed E-state index contributed by atoms with van der Waals surface area (Å²) in [6.45, 7) is 11.3. The topological polar surface area (TPSA) is 15.3 Å². The standard InChI is InChI=1S/C15H30N2/c1-3-15(4-2)7-10-17(11-8-15)13-14-6-5-9-16-12-14/h14,16H,3-13H2,1-2H3. The van der Waals surface area contributed by atoms with E-state index in [9.17, 15) is 0 Å². The third-order valence-corrected chi connectivity index (χ3v) is 5.33. The van der Waals surface area contributed by atoms with Gasteiger partial charge in [-0.3, -0.25) is 0 Å². The van der Waals surface area contributed by atoms with E-state index >= 15 is 0 Å². The van der Waals surface area contributed by atoms with Crippen LogP contribution in [0.2, 0.25) is 0 Å². The Balaban J connectivity index is 1.74. The van der Waals surface area contributed by atoms with Crippen LogP contribution >= 0.6 is 0 Å². The normalized spacial score (nSPS) is 30.4. The van der Waals surface area contributed by atoms with Crippen molar-refractivity contribution in [3.63, 3.8) is 0 Å². The minimum Gasteiger partial charge on any atom is -0.316 e. The van der Waals surface area contributed by atoms with Gasteiger partial charge in [0.2, 0.25) is 0 Å². The monoisotopic (exact) mass is 238 g/mol. The summed E-state index contributed by atoms with van der Waals surface area (Å²) >= 11 is 0. The maximum absolute atomic E-state index is 3.54. The van der Waals surface area contributed by atoms with Gasteiger partial charge in [0.25, 0.3) is 0 Å². The Labute approximate surface area is 107 Å². The van der Waals surface area contributed by atoms with Gasteiger partial charge in [-0.25, -0.2) is 0 Å². The quantitative estimate of drug-likeness (QED) is 0.810. The molecule has 0 aliphatic carbocycles. The van der Waals surface area contributed by atoms with Gasteiger partial charge < -0.3 is 10.2 Å². The maximum Gasteiger partial charge on any atom is 0.00218 e. The molecule has 0 saturated carbocycles. The van der Waals surface area contributed by atoms with Crippen LogP contribution in [0, 0.1) is 11.3 Å². The Morgan fingerprint density at radius 3 is 2.41 bits per heavy atom. The lowest BCUT2D eigenvalue weighted by Crippen LogP contribution is -2.44. The fraction of sp³-hybridized carbons (Fsp3) is 1.00. The molecule has 0 bridgehead atoms. The minimum absolute atomic E-state index is 0.682. The molecule has 2 aliphatic heterocycles. The van der Waals surface area contributed by atoms with Crippen molar-refractivity contribution in [1.29, 1.82) is 0 Å². The second kappa shape index (κ2) is 6.19. The predicted octanol–water partition coefficient (Wildman–Crippen LogP) is 2.89. The molecule has 2 aliphatic rings. The maximum atomic E-state index is 3.54. The molecule has 0 aromatic carbocycles. The van der Waals surface area contributed by atoms with Gasteiger partial charge in [0.05, 0.1) is 0 Å². The second-order valence-electron chi connectivity index (χ2n) is 6.22. The lowest BCUT2D eigenvalue weighted by Gasteiger charge is -2.42. The summed E-state index contributed by atoms with van der Waals surface area (Å²) in [7, 11) is 0. The summed E-state index contributed by atoms with van der Waals surface area (Å²) in [5.41, 5.74) is 0.682. The smallest absolute Gasteiger partial charge is 0.00218 e. The highest BCUT2D eigenvalue weighted by molar-refractivity contribution is 4.85. The lowest BCUT2D eigenvalue weighted by molar-refractivity contribution is 0.0809. The molecular weight excluding hydrogens is 208 g/mol. The van der Waals surface area contributed by atoms with E-state index in [1.165, 1.54) is 71.2 Å². The number of hydrogen-bond acceptors (Lipinski definition) is 2. The summed E-state index contributed by atoms with van der Waals surface area (Å²) in [6, 6.07) is 0. The molecule has 2 fully saturated rings. The predicted molar refractivity (Wildman–Crippen MR) is 74.3 cm³/mol. The van der Waals surface area contributed by atoms with Gasteiger partial charge >= 0.3 is 0 Å². The molecule has 2 saturated heterocycles. The van der Waals surface area contributed by atoms with Crippen LogP contribution in [0.1, 0.15) is 52.4 Å². The van der Waals surface area contributed by atoms with Crippen LogP contribution in [-0.4, -0.2) is 37.6 Å². The number of hydrogen-bond donors (Lipinski definition) is 1. The fourth-order valence-corrected chi connectivity index (χ4v) is 3.61. The van der Waals surface area contributed by atoms with Gasteiger partial charge in [0.15, 0.2) is 0 Å².